The maximum absolute atomic E-state index is 3.95. The average Bonchev–Trinajstić information content (AvgIpc) is 2.56. The van der Waals surface area contributed by atoms with Crippen molar-refractivity contribution < 1.29 is 0 Å². The molecule has 1 unspecified atom stereocenters. The number of rotatable bonds is 11. The van der Waals surface area contributed by atoms with E-state index in [1.165, 1.54) is 83.5 Å². The van der Waals surface area contributed by atoms with Gasteiger partial charge in [-0.15, -0.1) is 6.58 Å². The van der Waals surface area contributed by atoms with Gasteiger partial charge in [0.05, 0.1) is 0 Å². The smallest absolute Gasteiger partial charge is 0.0239 e. The van der Waals surface area contributed by atoms with E-state index in [0.29, 0.717) is 0 Å². The fraction of sp³-hybridized carbons (Fsp3) is 0.917. The van der Waals surface area contributed by atoms with Crippen LogP contribution in [0.2, 0.25) is 0 Å². The summed E-state index contributed by atoms with van der Waals surface area (Å²) >= 11 is 0. The van der Waals surface area contributed by atoms with Crippen LogP contribution in [0.25, 0.3) is 0 Å². The van der Waals surface area contributed by atoms with Crippen molar-refractivity contribution in [3.05, 3.63) is 12.7 Å². The summed E-state index contributed by atoms with van der Waals surface area (Å²) in [5, 5.41) is 0. The molecule has 0 heteroatoms. The molecule has 0 aliphatic heterocycles. The van der Waals surface area contributed by atoms with Gasteiger partial charge in [0, 0.05) is 0 Å². The molecule has 1 aliphatic rings. The van der Waals surface area contributed by atoms with Gasteiger partial charge in [0.15, 0.2) is 0 Å². The molecule has 0 aromatic carbocycles. The van der Waals surface area contributed by atoms with Crippen molar-refractivity contribution in [1.82, 2.24) is 0 Å². The lowest BCUT2D eigenvalue weighted by Crippen LogP contribution is -2.14. The quantitative estimate of drug-likeness (QED) is 0.261. The highest BCUT2D eigenvalue weighted by atomic mass is 14.3. The SMILES string of the molecule is C=CC(CC)CCCC1CCC(CCCCCC)CC1.CC(C)C. The molecule has 0 aromatic heterocycles. The van der Waals surface area contributed by atoms with Crippen LogP contribution in [0, 0.1) is 23.7 Å². The zero-order chi connectivity index (χ0) is 18.2. The summed E-state index contributed by atoms with van der Waals surface area (Å²) in [5.41, 5.74) is 0. The van der Waals surface area contributed by atoms with Crippen LogP contribution in [0.4, 0.5) is 0 Å². The van der Waals surface area contributed by atoms with Crippen LogP contribution in [0.15, 0.2) is 12.7 Å². The lowest BCUT2D eigenvalue weighted by molar-refractivity contribution is 0.242. The van der Waals surface area contributed by atoms with Crippen LogP contribution >= 0.6 is 0 Å². The third-order valence-electron chi connectivity index (χ3n) is 5.48. The summed E-state index contributed by atoms with van der Waals surface area (Å²) in [7, 11) is 0. The van der Waals surface area contributed by atoms with E-state index in [2.05, 4.69) is 47.3 Å². The standard InChI is InChI=1S/C20H38.C4H10/c1-4-7-8-9-11-19-14-16-20(17-15-19)13-10-12-18(5-2)6-3;1-4(2)3/h5,18-20H,2,4,6-17H2,1,3H3;4H,1-3H3. The maximum Gasteiger partial charge on any atom is -0.0239 e. The molecular formula is C24H48. The van der Waals surface area contributed by atoms with Crippen molar-refractivity contribution in [2.75, 3.05) is 0 Å². The Balaban J connectivity index is 0.00000118. The lowest BCUT2D eigenvalue weighted by Gasteiger charge is -2.28. The van der Waals surface area contributed by atoms with Crippen LogP contribution in [0.5, 0.6) is 0 Å². The normalized spacial score (nSPS) is 21.9. The second kappa shape index (κ2) is 16.2. The Kier molecular flexibility index (Phi) is 16.0. The average molecular weight is 337 g/mol. The van der Waals surface area contributed by atoms with E-state index in [1.54, 1.807) is 0 Å². The van der Waals surface area contributed by atoms with Crippen molar-refractivity contribution in [3.63, 3.8) is 0 Å². The molecule has 0 bridgehead atoms. The van der Waals surface area contributed by atoms with E-state index >= 15 is 0 Å². The molecule has 1 saturated carbocycles. The zero-order valence-electron chi connectivity index (χ0n) is 17.8. The van der Waals surface area contributed by atoms with Gasteiger partial charge in [-0.3, -0.25) is 0 Å². The largest absolute Gasteiger partial charge is 0.103 e. The predicted octanol–water partition coefficient (Wildman–Crippen LogP) is 8.81. The molecule has 0 amide bonds. The summed E-state index contributed by atoms with van der Waals surface area (Å²) in [6.45, 7) is 15.0. The molecule has 0 heterocycles. The van der Waals surface area contributed by atoms with Gasteiger partial charge in [0.1, 0.15) is 0 Å². The summed E-state index contributed by atoms with van der Waals surface area (Å²) in [5.74, 6) is 3.72. The van der Waals surface area contributed by atoms with Gasteiger partial charge < -0.3 is 0 Å². The fourth-order valence-electron chi connectivity index (χ4n) is 3.83. The first-order valence-electron chi connectivity index (χ1n) is 11.2. The van der Waals surface area contributed by atoms with Crippen molar-refractivity contribution in [2.45, 2.75) is 118 Å². The van der Waals surface area contributed by atoms with E-state index in [0.717, 1.165) is 23.7 Å². The second-order valence-corrected chi connectivity index (χ2v) is 8.80. The molecule has 1 atom stereocenters. The van der Waals surface area contributed by atoms with Crippen LogP contribution in [-0.2, 0) is 0 Å². The number of hydrogen-bond acceptors (Lipinski definition) is 0. The van der Waals surface area contributed by atoms with Gasteiger partial charge in [-0.2, -0.15) is 0 Å². The monoisotopic (exact) mass is 336 g/mol. The van der Waals surface area contributed by atoms with Crippen LogP contribution in [0.1, 0.15) is 118 Å². The molecule has 1 rings (SSSR count). The Morgan fingerprint density at radius 3 is 1.75 bits per heavy atom. The highest BCUT2D eigenvalue weighted by Crippen LogP contribution is 2.34. The Morgan fingerprint density at radius 2 is 1.33 bits per heavy atom. The van der Waals surface area contributed by atoms with Gasteiger partial charge >= 0.3 is 0 Å². The van der Waals surface area contributed by atoms with Gasteiger partial charge in [-0.25, -0.2) is 0 Å². The third kappa shape index (κ3) is 14.1. The van der Waals surface area contributed by atoms with Gasteiger partial charge in [-0.05, 0) is 36.5 Å². The molecule has 0 radical (unpaired) electrons. The number of unbranched alkanes of at least 4 members (excludes halogenated alkanes) is 3. The molecule has 24 heavy (non-hydrogen) atoms. The molecule has 0 saturated heterocycles. The van der Waals surface area contributed by atoms with Crippen LogP contribution in [0.3, 0.4) is 0 Å². The van der Waals surface area contributed by atoms with E-state index in [1.807, 2.05) is 0 Å². The summed E-state index contributed by atoms with van der Waals surface area (Å²) < 4.78 is 0. The van der Waals surface area contributed by atoms with Crippen molar-refractivity contribution in [3.8, 4) is 0 Å². The predicted molar refractivity (Wildman–Crippen MR) is 113 cm³/mol. The minimum atomic E-state index is 0.768. The zero-order valence-corrected chi connectivity index (χ0v) is 17.8. The van der Waals surface area contributed by atoms with Gasteiger partial charge in [-0.1, -0.05) is 111 Å². The first-order chi connectivity index (χ1) is 11.5. The fourth-order valence-corrected chi connectivity index (χ4v) is 3.83. The molecule has 1 aliphatic carbocycles. The van der Waals surface area contributed by atoms with Crippen LogP contribution < -0.4 is 0 Å². The Morgan fingerprint density at radius 1 is 0.833 bits per heavy atom. The van der Waals surface area contributed by atoms with E-state index in [4.69, 9.17) is 0 Å². The van der Waals surface area contributed by atoms with Crippen LogP contribution in [-0.4, -0.2) is 0 Å². The van der Waals surface area contributed by atoms with E-state index < -0.39 is 0 Å². The van der Waals surface area contributed by atoms with Gasteiger partial charge in [0.25, 0.3) is 0 Å². The Labute approximate surface area is 154 Å². The Bertz CT molecular complexity index is 254. The molecule has 0 N–H and O–H groups in total. The first kappa shape index (κ1) is 23.7. The van der Waals surface area contributed by atoms with Gasteiger partial charge in [0.2, 0.25) is 0 Å². The number of allylic oxidation sites excluding steroid dienone is 1. The molecule has 0 nitrogen and oxygen atoms in total. The molecule has 144 valence electrons. The van der Waals surface area contributed by atoms with E-state index in [9.17, 15) is 0 Å². The first-order valence-corrected chi connectivity index (χ1v) is 11.2. The summed E-state index contributed by atoms with van der Waals surface area (Å²) in [6.07, 6.45) is 21.1. The molecule has 1 fully saturated rings. The third-order valence-corrected chi connectivity index (χ3v) is 5.48. The number of hydrogen-bond donors (Lipinski definition) is 0. The second-order valence-electron chi connectivity index (χ2n) is 8.80. The highest BCUT2D eigenvalue weighted by Gasteiger charge is 2.20. The minimum Gasteiger partial charge on any atom is -0.103 e. The minimum absolute atomic E-state index is 0.768. The maximum atomic E-state index is 3.95. The summed E-state index contributed by atoms with van der Waals surface area (Å²) in [4.78, 5) is 0. The van der Waals surface area contributed by atoms with Crippen molar-refractivity contribution >= 4 is 0 Å². The summed E-state index contributed by atoms with van der Waals surface area (Å²) in [6, 6.07) is 0. The topological polar surface area (TPSA) is 0 Å². The lowest BCUT2D eigenvalue weighted by atomic mass is 9.77. The molecular weight excluding hydrogens is 288 g/mol. The van der Waals surface area contributed by atoms with E-state index in [-0.39, 0.29) is 0 Å². The highest BCUT2D eigenvalue weighted by molar-refractivity contribution is 4.78. The molecule has 0 spiro atoms. The van der Waals surface area contributed by atoms with Crippen molar-refractivity contribution in [1.29, 1.82) is 0 Å². The van der Waals surface area contributed by atoms with Crippen molar-refractivity contribution in [2.24, 2.45) is 23.7 Å². The Hall–Kier alpha value is -0.260. The molecule has 0 aromatic rings.